The van der Waals surface area contributed by atoms with E-state index in [0.29, 0.717) is 12.3 Å². The number of hydrogen-bond acceptors (Lipinski definition) is 3. The van der Waals surface area contributed by atoms with E-state index in [1.54, 1.807) is 4.68 Å². The van der Waals surface area contributed by atoms with Crippen molar-refractivity contribution in [2.75, 3.05) is 0 Å². The summed E-state index contributed by atoms with van der Waals surface area (Å²) >= 11 is 0. The Morgan fingerprint density at radius 1 is 1.50 bits per heavy atom. The lowest BCUT2D eigenvalue weighted by Gasteiger charge is -2.00. The van der Waals surface area contributed by atoms with Gasteiger partial charge in [0.25, 0.3) is 0 Å². The van der Waals surface area contributed by atoms with E-state index in [9.17, 15) is 4.79 Å². The molecule has 2 aromatic rings. The molecule has 0 saturated heterocycles. The van der Waals surface area contributed by atoms with Gasteiger partial charge in [-0.1, -0.05) is 0 Å². The van der Waals surface area contributed by atoms with Crippen LogP contribution in [0.3, 0.4) is 0 Å². The fourth-order valence-electron chi connectivity index (χ4n) is 1.56. The highest BCUT2D eigenvalue weighted by molar-refractivity contribution is 5.87. The molecule has 0 atom stereocenters. The first-order chi connectivity index (χ1) is 7.56. The van der Waals surface area contributed by atoms with Crippen LogP contribution in [0.15, 0.2) is 22.8 Å². The van der Waals surface area contributed by atoms with Crippen molar-refractivity contribution in [3.63, 3.8) is 0 Å². The molecule has 0 spiro atoms. The molecule has 0 fully saturated rings. The molecule has 0 aliphatic rings. The first-order valence-corrected chi connectivity index (χ1v) is 4.88. The van der Waals surface area contributed by atoms with Crippen molar-refractivity contribution in [3.8, 4) is 0 Å². The Bertz CT molecular complexity index is 525. The van der Waals surface area contributed by atoms with Crippen molar-refractivity contribution in [1.82, 2.24) is 9.78 Å². The maximum atomic E-state index is 10.7. The summed E-state index contributed by atoms with van der Waals surface area (Å²) in [7, 11) is 0. The number of aromatic carboxylic acids is 1. The Morgan fingerprint density at radius 2 is 2.25 bits per heavy atom. The topological polar surface area (TPSA) is 68.3 Å². The molecule has 0 saturated carbocycles. The van der Waals surface area contributed by atoms with Crippen LogP contribution >= 0.6 is 0 Å². The van der Waals surface area contributed by atoms with E-state index < -0.39 is 5.97 Å². The van der Waals surface area contributed by atoms with E-state index in [2.05, 4.69) is 5.10 Å². The van der Waals surface area contributed by atoms with Crippen molar-refractivity contribution in [3.05, 3.63) is 41.1 Å². The van der Waals surface area contributed by atoms with Gasteiger partial charge in [-0.15, -0.1) is 0 Å². The molecule has 0 aliphatic heterocycles. The van der Waals surface area contributed by atoms with Crippen LogP contribution in [0.2, 0.25) is 0 Å². The molecule has 5 nitrogen and oxygen atoms in total. The number of hydrogen-bond donors (Lipinski definition) is 1. The van der Waals surface area contributed by atoms with Gasteiger partial charge in [0.05, 0.1) is 17.8 Å². The van der Waals surface area contributed by atoms with Crippen LogP contribution in [0.4, 0.5) is 0 Å². The lowest BCUT2D eigenvalue weighted by Crippen LogP contribution is -2.03. The molecule has 0 unspecified atom stereocenters. The second-order valence-corrected chi connectivity index (χ2v) is 3.69. The third-order valence-corrected chi connectivity index (χ3v) is 2.31. The molecule has 0 bridgehead atoms. The summed E-state index contributed by atoms with van der Waals surface area (Å²) in [5.41, 5.74) is 2.12. The van der Waals surface area contributed by atoms with Gasteiger partial charge in [-0.2, -0.15) is 5.10 Å². The minimum atomic E-state index is -0.983. The second-order valence-electron chi connectivity index (χ2n) is 3.69. The van der Waals surface area contributed by atoms with Crippen molar-refractivity contribution >= 4 is 5.97 Å². The molecular formula is C11H12N2O3. The van der Waals surface area contributed by atoms with E-state index in [4.69, 9.17) is 9.52 Å². The number of carboxylic acids is 1. The maximum absolute atomic E-state index is 10.7. The van der Waals surface area contributed by atoms with E-state index >= 15 is 0 Å². The summed E-state index contributed by atoms with van der Waals surface area (Å²) < 4.78 is 6.93. The molecule has 2 rings (SSSR count). The number of aryl methyl sites for hydroxylation is 2. The van der Waals surface area contributed by atoms with Gasteiger partial charge in [-0.05, 0) is 26.0 Å². The Morgan fingerprint density at radius 3 is 2.75 bits per heavy atom. The zero-order valence-corrected chi connectivity index (χ0v) is 9.10. The number of rotatable bonds is 3. The minimum Gasteiger partial charge on any atom is -0.478 e. The number of nitrogens with zero attached hydrogens (tertiary/aromatic N) is 2. The highest BCUT2D eigenvalue weighted by atomic mass is 16.4. The zero-order chi connectivity index (χ0) is 11.7. The average Bonchev–Trinajstić information content (AvgIpc) is 2.75. The van der Waals surface area contributed by atoms with Crippen LogP contribution in [0.25, 0.3) is 0 Å². The number of aromatic nitrogens is 2. The molecule has 2 heterocycles. The van der Waals surface area contributed by atoms with Gasteiger partial charge in [-0.25, -0.2) is 4.79 Å². The van der Waals surface area contributed by atoms with Crippen molar-refractivity contribution in [2.45, 2.75) is 20.4 Å². The molecule has 1 N–H and O–H groups in total. The lowest BCUT2D eigenvalue weighted by atomic mass is 10.3. The predicted molar refractivity (Wildman–Crippen MR) is 56.5 cm³/mol. The van der Waals surface area contributed by atoms with Crippen molar-refractivity contribution in [1.29, 1.82) is 0 Å². The SMILES string of the molecule is Cc1cc(C)n(Cc2cc(C(=O)O)co2)n1. The molecule has 2 aromatic heterocycles. The van der Waals surface area contributed by atoms with E-state index in [1.807, 2.05) is 19.9 Å². The summed E-state index contributed by atoms with van der Waals surface area (Å²) in [5.74, 6) is -0.396. The Kier molecular flexibility index (Phi) is 2.52. The number of carboxylic acid groups (broad SMARTS) is 1. The van der Waals surface area contributed by atoms with E-state index in [1.165, 1.54) is 12.3 Å². The molecule has 84 valence electrons. The van der Waals surface area contributed by atoms with Crippen molar-refractivity contribution in [2.24, 2.45) is 0 Å². The fraction of sp³-hybridized carbons (Fsp3) is 0.273. The predicted octanol–water partition coefficient (Wildman–Crippen LogP) is 1.84. The van der Waals surface area contributed by atoms with Gasteiger partial charge in [0, 0.05) is 5.69 Å². The van der Waals surface area contributed by atoms with Crippen LogP contribution in [0.5, 0.6) is 0 Å². The Labute approximate surface area is 92.3 Å². The number of carbonyl (C=O) groups is 1. The first-order valence-electron chi connectivity index (χ1n) is 4.88. The number of furan rings is 1. The largest absolute Gasteiger partial charge is 0.478 e. The molecular weight excluding hydrogens is 208 g/mol. The Balaban J connectivity index is 2.20. The molecule has 0 aromatic carbocycles. The molecule has 5 heteroatoms. The fourth-order valence-corrected chi connectivity index (χ4v) is 1.56. The molecule has 0 amide bonds. The second kappa shape index (κ2) is 3.84. The van der Waals surface area contributed by atoms with Gasteiger partial charge in [0.1, 0.15) is 12.0 Å². The third-order valence-electron chi connectivity index (χ3n) is 2.31. The van der Waals surface area contributed by atoms with Gasteiger partial charge in [-0.3, -0.25) is 4.68 Å². The summed E-state index contributed by atoms with van der Waals surface area (Å²) in [6.07, 6.45) is 1.24. The lowest BCUT2D eigenvalue weighted by molar-refractivity contribution is 0.0696. The summed E-state index contributed by atoms with van der Waals surface area (Å²) in [4.78, 5) is 10.7. The smallest absolute Gasteiger partial charge is 0.338 e. The van der Waals surface area contributed by atoms with Gasteiger partial charge in [0.15, 0.2) is 0 Å². The normalized spacial score (nSPS) is 10.6. The van der Waals surface area contributed by atoms with Gasteiger partial charge >= 0.3 is 5.97 Å². The van der Waals surface area contributed by atoms with Crippen molar-refractivity contribution < 1.29 is 14.3 Å². The monoisotopic (exact) mass is 220 g/mol. The molecule has 0 aliphatic carbocycles. The summed E-state index contributed by atoms with van der Waals surface area (Å²) in [6, 6.07) is 3.47. The van der Waals surface area contributed by atoms with E-state index in [-0.39, 0.29) is 5.56 Å². The highest BCUT2D eigenvalue weighted by Gasteiger charge is 2.09. The van der Waals surface area contributed by atoms with Crippen LogP contribution < -0.4 is 0 Å². The maximum Gasteiger partial charge on any atom is 0.338 e. The van der Waals surface area contributed by atoms with Gasteiger partial charge in [0.2, 0.25) is 0 Å². The third kappa shape index (κ3) is 1.98. The van der Waals surface area contributed by atoms with E-state index in [0.717, 1.165) is 11.4 Å². The quantitative estimate of drug-likeness (QED) is 0.856. The molecule has 0 radical (unpaired) electrons. The van der Waals surface area contributed by atoms with Gasteiger partial charge < -0.3 is 9.52 Å². The highest BCUT2D eigenvalue weighted by Crippen LogP contribution is 2.11. The van der Waals surface area contributed by atoms with Crippen LogP contribution in [0, 0.1) is 13.8 Å². The zero-order valence-electron chi connectivity index (χ0n) is 9.10. The van der Waals surface area contributed by atoms with Crippen LogP contribution in [-0.4, -0.2) is 20.9 Å². The minimum absolute atomic E-state index is 0.163. The molecule has 16 heavy (non-hydrogen) atoms. The standard InChI is InChI=1S/C11H12N2O3/c1-7-3-8(2)13(12-7)5-10-4-9(6-16-10)11(14)15/h3-4,6H,5H2,1-2H3,(H,14,15). The average molecular weight is 220 g/mol. The summed E-state index contributed by atoms with van der Waals surface area (Å²) in [6.45, 7) is 4.31. The van der Waals surface area contributed by atoms with Crippen LogP contribution in [0.1, 0.15) is 27.5 Å². The van der Waals surface area contributed by atoms with Crippen LogP contribution in [-0.2, 0) is 6.54 Å². The summed E-state index contributed by atoms with van der Waals surface area (Å²) in [5, 5.41) is 13.0. The first kappa shape index (κ1) is 10.5. The Hall–Kier alpha value is -2.04.